The van der Waals surface area contributed by atoms with Gasteiger partial charge in [-0.15, -0.1) is 0 Å². The van der Waals surface area contributed by atoms with Crippen LogP contribution in [-0.2, 0) is 11.3 Å². The zero-order chi connectivity index (χ0) is 18.0. The van der Waals surface area contributed by atoms with Crippen molar-refractivity contribution in [2.75, 3.05) is 7.11 Å². The summed E-state index contributed by atoms with van der Waals surface area (Å²) in [6.07, 6.45) is 3.54. The number of carbonyl (C=O) groups is 1. The molecule has 1 aromatic carbocycles. The molecule has 0 radical (unpaired) electrons. The summed E-state index contributed by atoms with van der Waals surface area (Å²) in [6.45, 7) is 6.18. The summed E-state index contributed by atoms with van der Waals surface area (Å²) < 4.78 is 12.7. The molecule has 1 amide bonds. The Morgan fingerprint density at radius 3 is 2.88 bits per heavy atom. The van der Waals surface area contributed by atoms with Gasteiger partial charge in [-0.1, -0.05) is 13.8 Å². The fraction of sp³-hybridized carbons (Fsp3) is 0.389. The number of hydrogen-bond donors (Lipinski definition) is 1. The molecule has 2 heterocycles. The number of aromatic nitrogens is 3. The third-order valence-electron chi connectivity index (χ3n) is 4.06. The third-order valence-corrected chi connectivity index (χ3v) is 4.06. The number of amides is 1. The summed E-state index contributed by atoms with van der Waals surface area (Å²) in [5.41, 5.74) is 1.36. The van der Waals surface area contributed by atoms with Crippen LogP contribution in [0.15, 0.2) is 35.0 Å². The van der Waals surface area contributed by atoms with E-state index in [-0.39, 0.29) is 24.4 Å². The number of methoxy groups -OCH3 is 1. The third kappa shape index (κ3) is 3.50. The van der Waals surface area contributed by atoms with Crippen molar-refractivity contribution in [2.45, 2.75) is 39.3 Å². The van der Waals surface area contributed by atoms with Gasteiger partial charge in [0.1, 0.15) is 23.1 Å². The molecule has 1 N–H and O–H groups in total. The van der Waals surface area contributed by atoms with E-state index in [1.54, 1.807) is 25.4 Å². The standard InChI is InChI=1S/C18H22N4O3/c1-11(2)17-19-7-8-22(17)12(3)18(23)20-10-16-21-14-9-13(24-4)5-6-15(14)25-16/h5-9,11-12H,10H2,1-4H3,(H,20,23)/t12-/m1/s1. The van der Waals surface area contributed by atoms with Crippen molar-refractivity contribution in [3.05, 3.63) is 42.3 Å². The van der Waals surface area contributed by atoms with Crippen LogP contribution in [0.2, 0.25) is 0 Å². The van der Waals surface area contributed by atoms with Crippen LogP contribution in [0, 0.1) is 0 Å². The van der Waals surface area contributed by atoms with E-state index in [1.165, 1.54) is 0 Å². The number of fused-ring (bicyclic) bond motifs is 1. The molecule has 0 spiro atoms. The van der Waals surface area contributed by atoms with Gasteiger partial charge in [0.25, 0.3) is 0 Å². The number of carbonyl (C=O) groups excluding carboxylic acids is 1. The quantitative estimate of drug-likeness (QED) is 0.744. The molecule has 0 saturated heterocycles. The van der Waals surface area contributed by atoms with Crippen molar-refractivity contribution in [3.63, 3.8) is 0 Å². The van der Waals surface area contributed by atoms with Gasteiger partial charge in [-0.3, -0.25) is 4.79 Å². The Morgan fingerprint density at radius 2 is 2.16 bits per heavy atom. The Kier molecular flexibility index (Phi) is 4.74. The van der Waals surface area contributed by atoms with E-state index in [0.717, 1.165) is 5.82 Å². The molecule has 25 heavy (non-hydrogen) atoms. The van der Waals surface area contributed by atoms with Gasteiger partial charge >= 0.3 is 0 Å². The monoisotopic (exact) mass is 342 g/mol. The first-order valence-electron chi connectivity index (χ1n) is 8.23. The lowest BCUT2D eigenvalue weighted by atomic mass is 10.2. The van der Waals surface area contributed by atoms with E-state index in [4.69, 9.17) is 9.15 Å². The smallest absolute Gasteiger partial charge is 0.243 e. The summed E-state index contributed by atoms with van der Waals surface area (Å²) >= 11 is 0. The van der Waals surface area contributed by atoms with E-state index in [9.17, 15) is 4.79 Å². The topological polar surface area (TPSA) is 82.2 Å². The fourth-order valence-electron chi connectivity index (χ4n) is 2.69. The van der Waals surface area contributed by atoms with Crippen LogP contribution >= 0.6 is 0 Å². The predicted octanol–water partition coefficient (Wildman–Crippen LogP) is 3.03. The van der Waals surface area contributed by atoms with E-state index in [2.05, 4.69) is 29.1 Å². The highest BCUT2D eigenvalue weighted by atomic mass is 16.5. The molecule has 3 rings (SSSR count). The second-order valence-electron chi connectivity index (χ2n) is 6.18. The van der Waals surface area contributed by atoms with Crippen LogP contribution in [-0.4, -0.2) is 27.6 Å². The fourth-order valence-corrected chi connectivity index (χ4v) is 2.69. The molecular formula is C18H22N4O3. The molecule has 7 nitrogen and oxygen atoms in total. The number of imidazole rings is 1. The molecule has 132 valence electrons. The van der Waals surface area contributed by atoms with Crippen molar-refractivity contribution in [3.8, 4) is 5.75 Å². The molecule has 0 aliphatic carbocycles. The average Bonchev–Trinajstić information content (AvgIpc) is 3.24. The normalized spacial score (nSPS) is 12.5. The Balaban J connectivity index is 1.68. The highest BCUT2D eigenvalue weighted by molar-refractivity contribution is 5.80. The molecule has 7 heteroatoms. The summed E-state index contributed by atoms with van der Waals surface area (Å²) in [5, 5.41) is 2.87. The van der Waals surface area contributed by atoms with Crippen LogP contribution in [0.3, 0.4) is 0 Å². The maximum Gasteiger partial charge on any atom is 0.243 e. The van der Waals surface area contributed by atoms with Crippen LogP contribution in [0.25, 0.3) is 11.1 Å². The molecule has 3 aromatic rings. The van der Waals surface area contributed by atoms with Gasteiger partial charge in [-0.05, 0) is 19.1 Å². The molecule has 1 atom stereocenters. The van der Waals surface area contributed by atoms with Gasteiger partial charge in [0, 0.05) is 24.4 Å². The molecule has 0 unspecified atom stereocenters. The Hall–Kier alpha value is -2.83. The van der Waals surface area contributed by atoms with Crippen molar-refractivity contribution < 1.29 is 13.9 Å². The minimum Gasteiger partial charge on any atom is -0.497 e. The molecule has 0 aliphatic heterocycles. The van der Waals surface area contributed by atoms with Crippen LogP contribution in [0.5, 0.6) is 5.75 Å². The summed E-state index contributed by atoms with van der Waals surface area (Å²) in [7, 11) is 1.60. The van der Waals surface area contributed by atoms with Crippen LogP contribution < -0.4 is 10.1 Å². The summed E-state index contributed by atoms with van der Waals surface area (Å²) in [5.74, 6) is 2.19. The molecular weight excluding hydrogens is 320 g/mol. The predicted molar refractivity (Wildman–Crippen MR) is 93.4 cm³/mol. The number of oxazole rings is 1. The van der Waals surface area contributed by atoms with Gasteiger partial charge in [-0.2, -0.15) is 0 Å². The lowest BCUT2D eigenvalue weighted by Crippen LogP contribution is -2.31. The Bertz CT molecular complexity index is 881. The van der Waals surface area contributed by atoms with Gasteiger partial charge in [0.05, 0.1) is 13.7 Å². The molecule has 0 saturated carbocycles. The molecule has 2 aromatic heterocycles. The number of nitrogens with one attached hydrogen (secondary N) is 1. The maximum absolute atomic E-state index is 12.5. The van der Waals surface area contributed by atoms with E-state index >= 15 is 0 Å². The van der Waals surface area contributed by atoms with Crippen LogP contribution in [0.1, 0.15) is 44.4 Å². The maximum atomic E-state index is 12.5. The molecule has 0 bridgehead atoms. The van der Waals surface area contributed by atoms with Crippen molar-refractivity contribution in [2.24, 2.45) is 0 Å². The Labute approximate surface area is 146 Å². The van der Waals surface area contributed by atoms with E-state index in [1.807, 2.05) is 23.8 Å². The number of ether oxygens (including phenoxy) is 1. The first kappa shape index (κ1) is 17.0. The van der Waals surface area contributed by atoms with Crippen LogP contribution in [0.4, 0.5) is 0 Å². The van der Waals surface area contributed by atoms with Gasteiger partial charge in [0.15, 0.2) is 5.58 Å². The molecule has 0 aliphatic rings. The Morgan fingerprint density at radius 1 is 1.36 bits per heavy atom. The number of benzene rings is 1. The number of nitrogens with zero attached hydrogens (tertiary/aromatic N) is 3. The lowest BCUT2D eigenvalue weighted by Gasteiger charge is -2.17. The number of hydrogen-bond acceptors (Lipinski definition) is 5. The lowest BCUT2D eigenvalue weighted by molar-refractivity contribution is -0.124. The van der Waals surface area contributed by atoms with Gasteiger partial charge in [-0.25, -0.2) is 9.97 Å². The van der Waals surface area contributed by atoms with E-state index < -0.39 is 0 Å². The summed E-state index contributed by atoms with van der Waals surface area (Å²) in [4.78, 5) is 21.2. The zero-order valence-electron chi connectivity index (χ0n) is 14.8. The average molecular weight is 342 g/mol. The van der Waals surface area contributed by atoms with Gasteiger partial charge < -0.3 is 19.0 Å². The van der Waals surface area contributed by atoms with Crippen molar-refractivity contribution in [1.82, 2.24) is 19.9 Å². The molecule has 0 fully saturated rings. The van der Waals surface area contributed by atoms with E-state index in [0.29, 0.717) is 22.7 Å². The summed E-state index contributed by atoms with van der Waals surface area (Å²) in [6, 6.07) is 5.05. The minimum atomic E-state index is -0.357. The van der Waals surface area contributed by atoms with Crippen molar-refractivity contribution in [1.29, 1.82) is 0 Å². The minimum absolute atomic E-state index is 0.111. The first-order chi connectivity index (χ1) is 12.0. The van der Waals surface area contributed by atoms with Crippen molar-refractivity contribution >= 4 is 17.0 Å². The first-order valence-corrected chi connectivity index (χ1v) is 8.23. The highest BCUT2D eigenvalue weighted by Crippen LogP contribution is 2.21. The second kappa shape index (κ2) is 6.96. The SMILES string of the molecule is COc1ccc2oc(CNC(=O)[C@@H](C)n3ccnc3C(C)C)nc2c1. The zero-order valence-corrected chi connectivity index (χ0v) is 14.8. The van der Waals surface area contributed by atoms with Gasteiger partial charge in [0.2, 0.25) is 11.8 Å². The second-order valence-corrected chi connectivity index (χ2v) is 6.18. The largest absolute Gasteiger partial charge is 0.497 e. The number of rotatable bonds is 6. The highest BCUT2D eigenvalue weighted by Gasteiger charge is 2.19.